The molecule has 11 N–H and O–H groups in total. The lowest BCUT2D eigenvalue weighted by Gasteiger charge is -2.15. The molecule has 0 bridgehead atoms. The van der Waals surface area contributed by atoms with Crippen LogP contribution in [0.3, 0.4) is 0 Å². The van der Waals surface area contributed by atoms with Crippen molar-refractivity contribution in [1.29, 1.82) is 0 Å². The van der Waals surface area contributed by atoms with E-state index in [2.05, 4.69) is 49.8 Å². The van der Waals surface area contributed by atoms with Crippen LogP contribution in [0, 0.1) is 23.7 Å². The molecule has 0 saturated carbocycles. The fraction of sp³-hybridized carbons (Fsp3) is 1.00. The molecule has 5 nitrogen and oxygen atoms in total. The van der Waals surface area contributed by atoms with Gasteiger partial charge in [0.1, 0.15) is 13.1 Å². The predicted octanol–water partition coefficient (Wildman–Crippen LogP) is -0.377. The van der Waals surface area contributed by atoms with Gasteiger partial charge >= 0.3 is 0 Å². The molecule has 28 heavy (non-hydrogen) atoms. The zero-order chi connectivity index (χ0) is 21.2. The first-order valence-electron chi connectivity index (χ1n) is 12.4. The van der Waals surface area contributed by atoms with E-state index in [1.165, 1.54) is 51.4 Å². The number of aliphatic hydroxyl groups is 1. The Hall–Kier alpha value is -0.200. The summed E-state index contributed by atoms with van der Waals surface area (Å²) in [4.78, 5) is 0. The van der Waals surface area contributed by atoms with E-state index in [0.717, 1.165) is 62.9 Å². The Balaban J connectivity index is 3.61. The summed E-state index contributed by atoms with van der Waals surface area (Å²) >= 11 is 0. The van der Waals surface area contributed by atoms with E-state index in [9.17, 15) is 5.11 Å². The topological polar surface area (TPSA) is 109 Å². The van der Waals surface area contributed by atoms with Crippen molar-refractivity contribution < 1.29 is 27.2 Å². The first kappa shape index (κ1) is 27.8. The second kappa shape index (κ2) is 18.8. The average Bonchev–Trinajstić information content (AvgIpc) is 2.68. The van der Waals surface area contributed by atoms with E-state index >= 15 is 0 Å². The Labute approximate surface area is 175 Å². The molecule has 0 aliphatic heterocycles. The highest BCUT2D eigenvalue weighted by Crippen LogP contribution is 2.14. The second-order valence-electron chi connectivity index (χ2n) is 9.37. The van der Waals surface area contributed by atoms with Gasteiger partial charge in [0.2, 0.25) is 0 Å². The molecule has 0 aromatic heterocycles. The molecule has 0 aliphatic rings. The van der Waals surface area contributed by atoms with Gasteiger partial charge in [-0.3, -0.25) is 0 Å². The van der Waals surface area contributed by atoms with Crippen molar-refractivity contribution in [3.05, 3.63) is 0 Å². The summed E-state index contributed by atoms with van der Waals surface area (Å²) in [5.74, 6) is 3.10. The van der Waals surface area contributed by atoms with Crippen molar-refractivity contribution >= 4 is 0 Å². The van der Waals surface area contributed by atoms with E-state index in [1.54, 1.807) is 0 Å². The van der Waals surface area contributed by atoms with E-state index in [0.29, 0.717) is 0 Å². The standard InChI is InChI=1S/C23H52N4O/c1-5-21(13-24)11-7-9-19(3)15-26-17-23(28)18-27-16-20(4)10-8-12-22(6-2)14-25/h19-23,26-28H,5-18,24-25H2,1-4H3/p+4. The zero-order valence-electron chi connectivity index (χ0n) is 19.8. The molecule has 0 heterocycles. The third-order valence-corrected chi connectivity index (χ3v) is 6.61. The first-order valence-corrected chi connectivity index (χ1v) is 12.4. The minimum Gasteiger partial charge on any atom is -0.382 e. The van der Waals surface area contributed by atoms with Gasteiger partial charge < -0.3 is 27.2 Å². The average molecular weight is 405 g/mol. The van der Waals surface area contributed by atoms with Gasteiger partial charge in [-0.05, 0) is 38.5 Å². The molecular weight excluding hydrogens is 348 g/mol. The van der Waals surface area contributed by atoms with Crippen LogP contribution in [0.25, 0.3) is 0 Å². The maximum Gasteiger partial charge on any atom is 0.151 e. The summed E-state index contributed by atoms with van der Waals surface area (Å²) < 4.78 is 0. The lowest BCUT2D eigenvalue weighted by molar-refractivity contribution is -0.695. The van der Waals surface area contributed by atoms with Gasteiger partial charge in [-0.1, -0.05) is 40.5 Å². The third-order valence-electron chi connectivity index (χ3n) is 6.61. The zero-order valence-corrected chi connectivity index (χ0v) is 19.8. The van der Waals surface area contributed by atoms with Gasteiger partial charge in [0.15, 0.2) is 6.10 Å². The Kier molecular flexibility index (Phi) is 18.7. The van der Waals surface area contributed by atoms with Gasteiger partial charge in [0.25, 0.3) is 0 Å². The van der Waals surface area contributed by atoms with Crippen molar-refractivity contribution in [1.82, 2.24) is 0 Å². The van der Waals surface area contributed by atoms with Gasteiger partial charge in [-0.2, -0.15) is 0 Å². The minimum absolute atomic E-state index is 0.189. The summed E-state index contributed by atoms with van der Waals surface area (Å²) in [6, 6.07) is 0. The summed E-state index contributed by atoms with van der Waals surface area (Å²) in [5, 5.41) is 14.9. The number of quaternary nitrogens is 4. The van der Waals surface area contributed by atoms with Crippen LogP contribution in [0.1, 0.15) is 79.1 Å². The van der Waals surface area contributed by atoms with Crippen LogP contribution in [0.4, 0.5) is 0 Å². The number of hydrogen-bond acceptors (Lipinski definition) is 1. The van der Waals surface area contributed by atoms with Crippen molar-refractivity contribution in [2.45, 2.75) is 85.2 Å². The number of hydrogen-bond donors (Lipinski definition) is 5. The van der Waals surface area contributed by atoms with E-state index in [-0.39, 0.29) is 6.10 Å². The van der Waals surface area contributed by atoms with Crippen LogP contribution < -0.4 is 22.1 Å². The second-order valence-corrected chi connectivity index (χ2v) is 9.37. The van der Waals surface area contributed by atoms with Crippen LogP contribution in [0.15, 0.2) is 0 Å². The predicted molar refractivity (Wildman–Crippen MR) is 118 cm³/mol. The normalized spacial score (nSPS) is 17.2. The Morgan fingerprint density at radius 3 is 1.39 bits per heavy atom. The molecule has 0 spiro atoms. The van der Waals surface area contributed by atoms with Crippen molar-refractivity contribution in [2.24, 2.45) is 23.7 Å². The molecule has 0 amide bonds. The molecule has 0 fully saturated rings. The third kappa shape index (κ3) is 15.7. The van der Waals surface area contributed by atoms with Crippen LogP contribution in [-0.2, 0) is 0 Å². The highest BCUT2D eigenvalue weighted by atomic mass is 16.3. The highest BCUT2D eigenvalue weighted by molar-refractivity contribution is 4.59. The summed E-state index contributed by atoms with van der Waals surface area (Å²) in [6.45, 7) is 15.4. The number of aliphatic hydroxyl groups excluding tert-OH is 1. The van der Waals surface area contributed by atoms with Gasteiger partial charge in [0, 0.05) is 23.7 Å². The Bertz CT molecular complexity index is 292. The van der Waals surface area contributed by atoms with Gasteiger partial charge in [-0.25, -0.2) is 0 Å². The molecule has 4 atom stereocenters. The van der Waals surface area contributed by atoms with Gasteiger partial charge in [-0.15, -0.1) is 0 Å². The first-order chi connectivity index (χ1) is 13.5. The van der Waals surface area contributed by atoms with Crippen molar-refractivity contribution in [2.75, 3.05) is 39.3 Å². The van der Waals surface area contributed by atoms with Crippen LogP contribution in [0.5, 0.6) is 0 Å². The van der Waals surface area contributed by atoms with E-state index < -0.39 is 0 Å². The number of nitrogens with two attached hydrogens (primary N) is 2. The molecule has 170 valence electrons. The fourth-order valence-electron chi connectivity index (χ4n) is 4.09. The smallest absolute Gasteiger partial charge is 0.151 e. The van der Waals surface area contributed by atoms with Crippen molar-refractivity contribution in [3.63, 3.8) is 0 Å². The summed E-state index contributed by atoms with van der Waals surface area (Å²) in [6.07, 6.45) is 10.3. The molecule has 0 saturated heterocycles. The van der Waals surface area contributed by atoms with Crippen LogP contribution in [-0.4, -0.2) is 50.5 Å². The molecule has 5 heteroatoms. The van der Waals surface area contributed by atoms with Crippen LogP contribution >= 0.6 is 0 Å². The molecule has 4 unspecified atom stereocenters. The van der Waals surface area contributed by atoms with E-state index in [1.807, 2.05) is 0 Å². The molecule has 0 rings (SSSR count). The maximum atomic E-state index is 10.2. The number of rotatable bonds is 20. The minimum atomic E-state index is -0.189. The maximum absolute atomic E-state index is 10.2. The fourth-order valence-corrected chi connectivity index (χ4v) is 4.09. The SMILES string of the molecule is CCC(C[NH3+])CCCC(C)C[NH2+]CC(O)C[NH2+]CC(C)CCCC(CC)C[NH3+]. The highest BCUT2D eigenvalue weighted by Gasteiger charge is 2.13. The van der Waals surface area contributed by atoms with Crippen molar-refractivity contribution in [3.8, 4) is 0 Å². The summed E-state index contributed by atoms with van der Waals surface area (Å²) in [5.41, 5.74) is 8.10. The Morgan fingerprint density at radius 2 is 1.07 bits per heavy atom. The summed E-state index contributed by atoms with van der Waals surface area (Å²) in [7, 11) is 0. The molecule has 0 aromatic carbocycles. The van der Waals surface area contributed by atoms with E-state index in [4.69, 9.17) is 0 Å². The Morgan fingerprint density at radius 1 is 0.679 bits per heavy atom. The lowest BCUT2D eigenvalue weighted by Crippen LogP contribution is -2.92. The quantitative estimate of drug-likeness (QED) is 0.187. The largest absolute Gasteiger partial charge is 0.382 e. The molecule has 0 aliphatic carbocycles. The van der Waals surface area contributed by atoms with Crippen LogP contribution in [0.2, 0.25) is 0 Å². The molecule has 0 radical (unpaired) electrons. The lowest BCUT2D eigenvalue weighted by atomic mass is 9.96. The van der Waals surface area contributed by atoms with Gasteiger partial charge in [0.05, 0.1) is 26.2 Å². The molecular formula is C23H56N4O+4. The monoisotopic (exact) mass is 404 g/mol. The molecule has 0 aromatic rings.